The summed E-state index contributed by atoms with van der Waals surface area (Å²) in [5, 5.41) is 2.28. The van der Waals surface area contributed by atoms with Crippen LogP contribution in [0.25, 0.3) is 0 Å². The van der Waals surface area contributed by atoms with Gasteiger partial charge >= 0.3 is 6.18 Å². The minimum absolute atomic E-state index is 0.0595. The summed E-state index contributed by atoms with van der Waals surface area (Å²) in [7, 11) is -3.25. The highest BCUT2D eigenvalue weighted by Crippen LogP contribution is 2.23. The number of alkyl halides is 3. The van der Waals surface area contributed by atoms with E-state index in [2.05, 4.69) is 5.32 Å². The van der Waals surface area contributed by atoms with Crippen LogP contribution in [0.2, 0.25) is 0 Å². The van der Waals surface area contributed by atoms with Crippen molar-refractivity contribution in [2.45, 2.75) is 31.0 Å². The molecule has 1 aromatic carbocycles. The molecule has 28 heavy (non-hydrogen) atoms. The molecule has 0 fully saturated rings. The van der Waals surface area contributed by atoms with Crippen molar-refractivity contribution in [2.75, 3.05) is 5.32 Å². The predicted octanol–water partition coefficient (Wildman–Crippen LogP) is 3.09. The van der Waals surface area contributed by atoms with Gasteiger partial charge in [0.05, 0.1) is 0 Å². The molecule has 2 rings (SSSR count). The van der Waals surface area contributed by atoms with Crippen molar-refractivity contribution in [2.24, 2.45) is 7.05 Å². The van der Waals surface area contributed by atoms with Crippen LogP contribution in [-0.2, 0) is 17.1 Å². The van der Waals surface area contributed by atoms with Gasteiger partial charge in [-0.15, -0.1) is 0 Å². The molecule has 0 radical (unpaired) electrons. The summed E-state index contributed by atoms with van der Waals surface area (Å²) < 4.78 is 91.3. The molecule has 0 aliphatic carbocycles. The second kappa shape index (κ2) is 7.51. The Morgan fingerprint density at radius 2 is 1.79 bits per heavy atom. The third-order valence-electron chi connectivity index (χ3n) is 3.81. The second-order valence-electron chi connectivity index (χ2n) is 6.10. The lowest BCUT2D eigenvalue weighted by molar-refractivity contribution is -0.147. The highest BCUT2D eigenvalue weighted by atomic mass is 32.2. The first kappa shape index (κ1) is 21.8. The fraction of sp³-hybridized carbons (Fsp3) is 0.312. The largest absolute Gasteiger partial charge is 0.404 e. The molecule has 6 nitrogen and oxygen atoms in total. The van der Waals surface area contributed by atoms with E-state index < -0.39 is 44.7 Å². The SMILES string of the molecule is Cc1cc(NC(=O)c2cc(S(=O)(=O)NC(C)C(F)(F)F)cn2C)cc(F)c1F. The number of sulfonamides is 1. The minimum Gasteiger partial charge on any atom is -0.345 e. The van der Waals surface area contributed by atoms with E-state index in [1.54, 1.807) is 0 Å². The van der Waals surface area contributed by atoms with E-state index in [9.17, 15) is 35.2 Å². The Morgan fingerprint density at radius 1 is 1.18 bits per heavy atom. The molecule has 0 saturated heterocycles. The molecule has 154 valence electrons. The lowest BCUT2D eigenvalue weighted by atomic mass is 10.2. The molecule has 2 N–H and O–H groups in total. The molecule has 0 saturated carbocycles. The average Bonchev–Trinajstić information content (AvgIpc) is 2.94. The molecule has 0 aliphatic heterocycles. The lowest BCUT2D eigenvalue weighted by Gasteiger charge is -2.16. The molecule has 1 amide bonds. The van der Waals surface area contributed by atoms with E-state index in [4.69, 9.17) is 0 Å². The molecule has 1 aromatic heterocycles. The van der Waals surface area contributed by atoms with Crippen molar-refractivity contribution in [3.8, 4) is 0 Å². The summed E-state index contributed by atoms with van der Waals surface area (Å²) in [6, 6.07) is 0.449. The Morgan fingerprint density at radius 3 is 2.32 bits per heavy atom. The van der Waals surface area contributed by atoms with Crippen LogP contribution in [-0.4, -0.2) is 31.1 Å². The molecule has 0 bridgehead atoms. The third-order valence-corrected chi connectivity index (χ3v) is 5.32. The number of benzene rings is 1. The summed E-state index contributed by atoms with van der Waals surface area (Å²) in [6.45, 7) is 1.92. The number of nitrogens with zero attached hydrogens (tertiary/aromatic N) is 1. The van der Waals surface area contributed by atoms with Gasteiger partial charge in [0.15, 0.2) is 11.6 Å². The van der Waals surface area contributed by atoms with Gasteiger partial charge in [-0.2, -0.15) is 17.9 Å². The summed E-state index contributed by atoms with van der Waals surface area (Å²) in [6.07, 6.45) is -3.83. The maximum atomic E-state index is 13.4. The molecular weight excluding hydrogens is 409 g/mol. The first-order chi connectivity index (χ1) is 12.7. The summed E-state index contributed by atoms with van der Waals surface area (Å²) in [5.41, 5.74) is -0.353. The van der Waals surface area contributed by atoms with Gasteiger partial charge in [0.1, 0.15) is 16.6 Å². The molecule has 0 aliphatic rings. The molecule has 2 aromatic rings. The van der Waals surface area contributed by atoms with Crippen LogP contribution in [0.15, 0.2) is 29.3 Å². The molecule has 1 unspecified atom stereocenters. The highest BCUT2D eigenvalue weighted by molar-refractivity contribution is 7.89. The first-order valence-corrected chi connectivity index (χ1v) is 9.23. The molecule has 1 atom stereocenters. The van der Waals surface area contributed by atoms with Crippen molar-refractivity contribution in [3.63, 3.8) is 0 Å². The number of halogens is 5. The summed E-state index contributed by atoms with van der Waals surface area (Å²) in [4.78, 5) is 11.8. The number of aromatic nitrogens is 1. The number of nitrogens with one attached hydrogen (secondary N) is 2. The number of hydrogen-bond acceptors (Lipinski definition) is 3. The Hall–Kier alpha value is -2.47. The number of anilines is 1. The topological polar surface area (TPSA) is 80.2 Å². The van der Waals surface area contributed by atoms with Gasteiger partial charge in [-0.05, 0) is 31.5 Å². The minimum atomic E-state index is -4.79. The standard InChI is InChI=1S/C16H16F5N3O3S/c1-8-4-10(5-12(17)14(8)18)22-15(25)13-6-11(7-24(13)3)28(26,27)23-9(2)16(19,20)21/h4-7,9,23H,1-3H3,(H,22,25). The predicted molar refractivity (Wildman–Crippen MR) is 90.3 cm³/mol. The number of aryl methyl sites for hydroxylation is 2. The molecule has 0 spiro atoms. The third kappa shape index (κ3) is 4.68. The van der Waals surface area contributed by atoms with Crippen LogP contribution in [0.1, 0.15) is 23.0 Å². The number of rotatable bonds is 5. The van der Waals surface area contributed by atoms with Gasteiger partial charge in [-0.3, -0.25) is 4.79 Å². The van der Waals surface area contributed by atoms with E-state index in [1.165, 1.54) is 24.8 Å². The van der Waals surface area contributed by atoms with E-state index in [1.807, 2.05) is 0 Å². The van der Waals surface area contributed by atoms with Crippen molar-refractivity contribution in [1.82, 2.24) is 9.29 Å². The van der Waals surface area contributed by atoms with E-state index in [-0.39, 0.29) is 16.9 Å². The quantitative estimate of drug-likeness (QED) is 0.723. The van der Waals surface area contributed by atoms with Gasteiger partial charge in [0, 0.05) is 25.0 Å². The van der Waals surface area contributed by atoms with Gasteiger partial charge in [0.2, 0.25) is 10.0 Å². The Kier molecular flexibility index (Phi) is 5.85. The van der Waals surface area contributed by atoms with Gasteiger partial charge in [-0.1, -0.05) is 0 Å². The fourth-order valence-corrected chi connectivity index (χ4v) is 3.57. The average molecular weight is 425 g/mol. The Balaban J connectivity index is 2.27. The van der Waals surface area contributed by atoms with Crippen molar-refractivity contribution in [3.05, 3.63) is 47.3 Å². The summed E-state index contributed by atoms with van der Waals surface area (Å²) in [5.74, 6) is -3.12. The van der Waals surface area contributed by atoms with Gasteiger partial charge in [-0.25, -0.2) is 17.2 Å². The molecule has 12 heteroatoms. The number of amides is 1. The maximum Gasteiger partial charge on any atom is 0.404 e. The number of carbonyl (C=O) groups excluding carboxylic acids is 1. The van der Waals surface area contributed by atoms with E-state index in [0.717, 1.165) is 22.9 Å². The van der Waals surface area contributed by atoms with Crippen LogP contribution < -0.4 is 10.0 Å². The van der Waals surface area contributed by atoms with Crippen LogP contribution in [0.3, 0.4) is 0 Å². The summed E-state index contributed by atoms with van der Waals surface area (Å²) >= 11 is 0. The fourth-order valence-electron chi connectivity index (χ4n) is 2.27. The smallest absolute Gasteiger partial charge is 0.345 e. The number of hydrogen-bond donors (Lipinski definition) is 2. The van der Waals surface area contributed by atoms with Crippen molar-refractivity contribution in [1.29, 1.82) is 0 Å². The Bertz CT molecular complexity index is 992. The Labute approximate surface area is 157 Å². The van der Waals surface area contributed by atoms with Crippen molar-refractivity contribution < 1.29 is 35.2 Å². The lowest BCUT2D eigenvalue weighted by Crippen LogP contribution is -2.42. The van der Waals surface area contributed by atoms with Gasteiger partial charge in [0.25, 0.3) is 5.91 Å². The van der Waals surface area contributed by atoms with E-state index in [0.29, 0.717) is 6.92 Å². The monoisotopic (exact) mass is 425 g/mol. The highest BCUT2D eigenvalue weighted by Gasteiger charge is 2.39. The zero-order valence-electron chi connectivity index (χ0n) is 14.9. The van der Waals surface area contributed by atoms with Crippen molar-refractivity contribution >= 4 is 21.6 Å². The second-order valence-corrected chi connectivity index (χ2v) is 7.81. The van der Waals surface area contributed by atoms with Gasteiger partial charge < -0.3 is 9.88 Å². The molecule has 1 heterocycles. The van der Waals surface area contributed by atoms with Crippen LogP contribution in [0, 0.1) is 18.6 Å². The van der Waals surface area contributed by atoms with Crippen LogP contribution in [0.4, 0.5) is 27.6 Å². The maximum absolute atomic E-state index is 13.4. The normalized spacial score (nSPS) is 13.4. The first-order valence-electron chi connectivity index (χ1n) is 7.75. The van der Waals surface area contributed by atoms with Crippen LogP contribution in [0.5, 0.6) is 0 Å². The van der Waals surface area contributed by atoms with E-state index >= 15 is 0 Å². The zero-order valence-corrected chi connectivity index (χ0v) is 15.7. The van der Waals surface area contributed by atoms with Crippen LogP contribution >= 0.6 is 0 Å². The molecular formula is C16H16F5N3O3S. The zero-order chi connectivity index (χ0) is 21.4. The number of carbonyl (C=O) groups is 1.